The van der Waals surface area contributed by atoms with E-state index in [1.165, 1.54) is 18.5 Å². The number of anilines is 1. The summed E-state index contributed by atoms with van der Waals surface area (Å²) < 4.78 is 26.8. The van der Waals surface area contributed by atoms with Gasteiger partial charge in [-0.3, -0.25) is 4.72 Å². The van der Waals surface area contributed by atoms with E-state index in [0.717, 1.165) is 0 Å². The second-order valence-electron chi connectivity index (χ2n) is 3.86. The van der Waals surface area contributed by atoms with E-state index in [1.807, 2.05) is 0 Å². The molecule has 0 radical (unpaired) electrons. The van der Waals surface area contributed by atoms with Gasteiger partial charge in [-0.2, -0.15) is 9.97 Å². The predicted octanol–water partition coefficient (Wildman–Crippen LogP) is 1.81. The van der Waals surface area contributed by atoms with E-state index >= 15 is 0 Å². The van der Waals surface area contributed by atoms with Crippen LogP contribution in [0.5, 0.6) is 0 Å². The first-order valence-electron chi connectivity index (χ1n) is 5.51. The Balaban J connectivity index is 2.07. The molecular formula is C11H8ClN5O2S. The monoisotopic (exact) mass is 309 g/mol. The van der Waals surface area contributed by atoms with Crippen molar-refractivity contribution in [3.8, 4) is 0 Å². The van der Waals surface area contributed by atoms with E-state index in [0.29, 0.717) is 5.52 Å². The predicted molar refractivity (Wildman–Crippen MR) is 73.9 cm³/mol. The van der Waals surface area contributed by atoms with Crippen LogP contribution in [-0.2, 0) is 10.0 Å². The normalized spacial score (nSPS) is 11.7. The maximum Gasteiger partial charge on any atom is 0.263 e. The highest BCUT2D eigenvalue weighted by Gasteiger charge is 2.18. The Morgan fingerprint density at radius 1 is 1.15 bits per heavy atom. The third kappa shape index (κ3) is 2.30. The number of rotatable bonds is 3. The van der Waals surface area contributed by atoms with E-state index in [4.69, 9.17) is 11.6 Å². The Kier molecular flexibility index (Phi) is 3.03. The Morgan fingerprint density at radius 2 is 1.90 bits per heavy atom. The van der Waals surface area contributed by atoms with Crippen molar-refractivity contribution in [1.82, 2.24) is 19.9 Å². The number of hydrogen-bond donors (Lipinski definition) is 2. The zero-order chi connectivity index (χ0) is 14.2. The summed E-state index contributed by atoms with van der Waals surface area (Å²) in [5, 5.41) is -0.0876. The van der Waals surface area contributed by atoms with Crippen molar-refractivity contribution in [3.63, 3.8) is 0 Å². The maximum atomic E-state index is 12.2. The van der Waals surface area contributed by atoms with Crippen LogP contribution in [0.3, 0.4) is 0 Å². The second kappa shape index (κ2) is 4.73. The molecule has 0 saturated heterocycles. The summed E-state index contributed by atoms with van der Waals surface area (Å²) in [7, 11) is -3.75. The van der Waals surface area contributed by atoms with Crippen molar-refractivity contribution < 1.29 is 8.42 Å². The van der Waals surface area contributed by atoms with Crippen LogP contribution < -0.4 is 4.72 Å². The average molecular weight is 310 g/mol. The van der Waals surface area contributed by atoms with Crippen LogP contribution in [-0.4, -0.2) is 28.4 Å². The minimum absolute atomic E-state index is 0.0568. The summed E-state index contributed by atoms with van der Waals surface area (Å²) in [5.74, 6) is 0.0568. The number of imidazole rings is 1. The van der Waals surface area contributed by atoms with E-state index in [1.54, 1.807) is 18.2 Å². The molecule has 0 spiro atoms. The Hall–Kier alpha value is -2.19. The molecule has 7 nitrogen and oxygen atoms in total. The number of nitrogens with one attached hydrogen (secondary N) is 2. The van der Waals surface area contributed by atoms with Gasteiger partial charge in [0.15, 0.2) is 11.5 Å². The molecule has 0 atom stereocenters. The molecule has 0 saturated carbocycles. The molecule has 20 heavy (non-hydrogen) atoms. The van der Waals surface area contributed by atoms with Crippen molar-refractivity contribution in [2.45, 2.75) is 4.90 Å². The fourth-order valence-corrected chi connectivity index (χ4v) is 2.87. The van der Waals surface area contributed by atoms with Crippen molar-refractivity contribution in [1.29, 1.82) is 0 Å². The number of H-pyrrole nitrogens is 1. The summed E-state index contributed by atoms with van der Waals surface area (Å²) in [6, 6.07) is 7.96. The molecule has 3 aromatic rings. The molecule has 2 aromatic heterocycles. The molecule has 102 valence electrons. The molecule has 0 bridgehead atoms. The molecule has 0 unspecified atom stereocenters. The number of halogens is 1. The van der Waals surface area contributed by atoms with Crippen molar-refractivity contribution in [2.75, 3.05) is 4.72 Å². The Labute approximate surface area is 119 Å². The number of hydrogen-bond acceptors (Lipinski definition) is 5. The number of nitrogens with zero attached hydrogens (tertiary/aromatic N) is 3. The van der Waals surface area contributed by atoms with Crippen LogP contribution in [0.4, 0.5) is 5.82 Å². The first-order chi connectivity index (χ1) is 9.56. The second-order valence-corrected chi connectivity index (χ2v) is 5.88. The fourth-order valence-electron chi connectivity index (χ4n) is 1.67. The number of aromatic amines is 1. The largest absolute Gasteiger partial charge is 0.340 e. The Morgan fingerprint density at radius 3 is 2.65 bits per heavy atom. The standard InChI is InChI=1S/C11H8ClN5O2S/c12-11-15-9-8(13-6-14-9)10(16-11)17-20(18,19)7-4-2-1-3-5-7/h1-6H,(H2,13,14,15,16,17). The third-order valence-electron chi connectivity index (χ3n) is 2.54. The van der Waals surface area contributed by atoms with E-state index in [9.17, 15) is 8.42 Å². The van der Waals surface area contributed by atoms with Gasteiger partial charge >= 0.3 is 0 Å². The quantitative estimate of drug-likeness (QED) is 0.719. The molecule has 3 rings (SSSR count). The zero-order valence-electron chi connectivity index (χ0n) is 9.91. The molecular weight excluding hydrogens is 302 g/mol. The molecule has 1 aromatic carbocycles. The molecule has 0 aliphatic carbocycles. The molecule has 0 aliphatic heterocycles. The van der Waals surface area contributed by atoms with Crippen LogP contribution in [0.2, 0.25) is 5.28 Å². The summed E-state index contributed by atoms with van der Waals surface area (Å²) in [5.41, 5.74) is 0.657. The summed E-state index contributed by atoms with van der Waals surface area (Å²) in [6.07, 6.45) is 1.38. The first kappa shape index (κ1) is 12.8. The molecule has 2 N–H and O–H groups in total. The summed E-state index contributed by atoms with van der Waals surface area (Å²) in [4.78, 5) is 14.6. The Bertz CT molecular complexity index is 863. The van der Waals surface area contributed by atoms with Gasteiger partial charge in [0.25, 0.3) is 10.0 Å². The van der Waals surface area contributed by atoms with Gasteiger partial charge in [-0.1, -0.05) is 18.2 Å². The maximum absolute atomic E-state index is 12.2. The summed E-state index contributed by atoms with van der Waals surface area (Å²) >= 11 is 5.74. The van der Waals surface area contributed by atoms with Crippen LogP contribution in [0.1, 0.15) is 0 Å². The van der Waals surface area contributed by atoms with Crippen LogP contribution >= 0.6 is 11.6 Å². The topological polar surface area (TPSA) is 101 Å². The van der Waals surface area contributed by atoms with Gasteiger partial charge in [0, 0.05) is 0 Å². The van der Waals surface area contributed by atoms with Crippen LogP contribution in [0.25, 0.3) is 11.2 Å². The van der Waals surface area contributed by atoms with Gasteiger partial charge in [-0.05, 0) is 23.7 Å². The van der Waals surface area contributed by atoms with Gasteiger partial charge in [0.05, 0.1) is 11.2 Å². The van der Waals surface area contributed by atoms with E-state index < -0.39 is 10.0 Å². The number of sulfonamides is 1. The lowest BCUT2D eigenvalue weighted by molar-refractivity contribution is 0.601. The van der Waals surface area contributed by atoms with E-state index in [2.05, 4.69) is 24.7 Å². The molecule has 0 fully saturated rings. The van der Waals surface area contributed by atoms with Gasteiger partial charge in [-0.15, -0.1) is 0 Å². The minimum atomic E-state index is -3.75. The van der Waals surface area contributed by atoms with Gasteiger partial charge in [0.2, 0.25) is 5.28 Å². The SMILES string of the molecule is O=S(=O)(Nc1nc(Cl)nc2nc[nH]c12)c1ccccc1. The van der Waals surface area contributed by atoms with Gasteiger partial charge in [0.1, 0.15) is 5.52 Å². The number of aromatic nitrogens is 4. The lowest BCUT2D eigenvalue weighted by atomic mass is 10.4. The first-order valence-corrected chi connectivity index (χ1v) is 7.37. The minimum Gasteiger partial charge on any atom is -0.340 e. The van der Waals surface area contributed by atoms with Gasteiger partial charge in [-0.25, -0.2) is 13.4 Å². The van der Waals surface area contributed by atoms with Crippen molar-refractivity contribution >= 4 is 38.6 Å². The molecule has 0 amide bonds. The lowest BCUT2D eigenvalue weighted by Gasteiger charge is -2.07. The molecule has 9 heteroatoms. The zero-order valence-corrected chi connectivity index (χ0v) is 11.5. The van der Waals surface area contributed by atoms with Crippen molar-refractivity contribution in [3.05, 3.63) is 41.9 Å². The molecule has 2 heterocycles. The lowest BCUT2D eigenvalue weighted by Crippen LogP contribution is -2.14. The molecule has 0 aliphatic rings. The fraction of sp³-hybridized carbons (Fsp3) is 0. The highest BCUT2D eigenvalue weighted by molar-refractivity contribution is 7.92. The van der Waals surface area contributed by atoms with Crippen LogP contribution in [0, 0.1) is 0 Å². The summed E-state index contributed by atoms with van der Waals surface area (Å²) in [6.45, 7) is 0. The number of fused-ring (bicyclic) bond motifs is 1. The third-order valence-corrected chi connectivity index (χ3v) is 4.07. The highest BCUT2D eigenvalue weighted by atomic mass is 35.5. The number of benzene rings is 1. The van der Waals surface area contributed by atoms with Gasteiger partial charge < -0.3 is 4.98 Å². The van der Waals surface area contributed by atoms with E-state index in [-0.39, 0.29) is 21.6 Å². The average Bonchev–Trinajstić information content (AvgIpc) is 2.87. The van der Waals surface area contributed by atoms with Crippen molar-refractivity contribution in [2.24, 2.45) is 0 Å². The highest BCUT2D eigenvalue weighted by Crippen LogP contribution is 2.21. The smallest absolute Gasteiger partial charge is 0.263 e. The van der Waals surface area contributed by atoms with Crippen LogP contribution in [0.15, 0.2) is 41.6 Å².